The van der Waals surface area contributed by atoms with E-state index in [2.05, 4.69) is 0 Å². The molecule has 0 aliphatic carbocycles. The number of aliphatic hydroxyl groups excluding tert-OH is 1. The number of sulfone groups is 1. The van der Waals surface area contributed by atoms with Crippen molar-refractivity contribution in [2.45, 2.75) is 18.2 Å². The summed E-state index contributed by atoms with van der Waals surface area (Å²) in [5, 5.41) is 7.00. The molecule has 0 aliphatic rings. The Labute approximate surface area is 95.8 Å². The summed E-state index contributed by atoms with van der Waals surface area (Å²) in [4.78, 5) is 10.5. The lowest BCUT2D eigenvalue weighted by Crippen LogP contribution is -2.03. The van der Waals surface area contributed by atoms with Crippen molar-refractivity contribution < 1.29 is 18.3 Å². The predicted octanol–water partition coefficient (Wildman–Crippen LogP) is 0.830. The fraction of sp³-hybridized carbons (Fsp3) is 0.364. The molecule has 0 saturated carbocycles. The van der Waals surface area contributed by atoms with Crippen molar-refractivity contribution in [1.82, 2.24) is 0 Å². The second-order valence-electron chi connectivity index (χ2n) is 2.92. The maximum absolute atomic E-state index is 11.4. The van der Waals surface area contributed by atoms with E-state index >= 15 is 0 Å². The van der Waals surface area contributed by atoms with Gasteiger partial charge in [-0.2, -0.15) is 0 Å². The van der Waals surface area contributed by atoms with Crippen LogP contribution >= 0.6 is 0 Å². The molecule has 0 fully saturated rings. The van der Waals surface area contributed by atoms with Gasteiger partial charge in [-0.05, 0) is 17.7 Å². The van der Waals surface area contributed by atoms with Crippen molar-refractivity contribution in [2.75, 3.05) is 12.9 Å². The van der Waals surface area contributed by atoms with Crippen LogP contribution in [-0.4, -0.2) is 32.7 Å². The van der Waals surface area contributed by atoms with Crippen molar-refractivity contribution in [3.8, 4) is 0 Å². The zero-order valence-electron chi connectivity index (χ0n) is 9.38. The first kappa shape index (κ1) is 14.8. The number of carbonyl (C=O) groups is 1. The van der Waals surface area contributed by atoms with Gasteiger partial charge in [0.15, 0.2) is 9.84 Å². The molecular weight excluding hydrogens is 228 g/mol. The third kappa shape index (κ3) is 4.12. The van der Waals surface area contributed by atoms with Crippen LogP contribution in [0.25, 0.3) is 0 Å². The summed E-state index contributed by atoms with van der Waals surface area (Å²) >= 11 is 0. The molecule has 4 nitrogen and oxygen atoms in total. The van der Waals surface area contributed by atoms with Crippen LogP contribution in [0.2, 0.25) is 0 Å². The highest BCUT2D eigenvalue weighted by molar-refractivity contribution is 7.91. The molecule has 16 heavy (non-hydrogen) atoms. The first-order valence-corrected chi connectivity index (χ1v) is 6.45. The second kappa shape index (κ2) is 7.14. The summed E-state index contributed by atoms with van der Waals surface area (Å²) in [7, 11) is -2.12. The molecule has 0 aromatic heterocycles. The monoisotopic (exact) mass is 244 g/mol. The smallest absolute Gasteiger partial charge is 0.178 e. The third-order valence-corrected chi connectivity index (χ3v) is 3.73. The minimum absolute atomic E-state index is 0.0972. The standard InChI is InChI=1S/C10H12O3S.CH4O/c1-2-14(12,13)10-5-3-9(4-6-10)7-8-11;1-2/h3-6,8H,2,7H2,1H3;2H,1H3. The zero-order chi connectivity index (χ0) is 12.6. The van der Waals surface area contributed by atoms with Gasteiger partial charge < -0.3 is 9.90 Å². The van der Waals surface area contributed by atoms with Crippen LogP contribution < -0.4 is 0 Å². The van der Waals surface area contributed by atoms with Crippen molar-refractivity contribution in [3.63, 3.8) is 0 Å². The molecule has 0 saturated heterocycles. The van der Waals surface area contributed by atoms with Crippen LogP contribution in [0.3, 0.4) is 0 Å². The Balaban J connectivity index is 0.00000106. The molecule has 0 aliphatic heterocycles. The lowest BCUT2D eigenvalue weighted by molar-refractivity contribution is -0.107. The van der Waals surface area contributed by atoms with Crippen LogP contribution in [0, 0.1) is 0 Å². The van der Waals surface area contributed by atoms with Crippen LogP contribution in [-0.2, 0) is 21.1 Å². The summed E-state index contributed by atoms with van der Waals surface area (Å²) in [5.74, 6) is 0.0972. The van der Waals surface area contributed by atoms with Crippen LogP contribution in [0.1, 0.15) is 12.5 Å². The third-order valence-electron chi connectivity index (χ3n) is 1.98. The van der Waals surface area contributed by atoms with Gasteiger partial charge in [-0.15, -0.1) is 0 Å². The molecule has 0 atom stereocenters. The van der Waals surface area contributed by atoms with E-state index in [0.29, 0.717) is 11.3 Å². The van der Waals surface area contributed by atoms with Crippen molar-refractivity contribution >= 4 is 16.1 Å². The maximum atomic E-state index is 11.4. The topological polar surface area (TPSA) is 71.4 Å². The van der Waals surface area contributed by atoms with E-state index in [1.54, 1.807) is 19.1 Å². The maximum Gasteiger partial charge on any atom is 0.178 e. The lowest BCUT2D eigenvalue weighted by Gasteiger charge is -2.01. The fourth-order valence-electron chi connectivity index (χ4n) is 1.10. The number of carbonyl (C=O) groups excluding carboxylic acids is 1. The van der Waals surface area contributed by atoms with E-state index in [1.165, 1.54) is 12.1 Å². The fourth-order valence-corrected chi connectivity index (χ4v) is 1.98. The van der Waals surface area contributed by atoms with Crippen LogP contribution in [0.4, 0.5) is 0 Å². The van der Waals surface area contributed by atoms with Gasteiger partial charge in [0.05, 0.1) is 10.6 Å². The lowest BCUT2D eigenvalue weighted by atomic mass is 10.2. The summed E-state index contributed by atoms with van der Waals surface area (Å²) in [6.07, 6.45) is 1.12. The van der Waals surface area contributed by atoms with Gasteiger partial charge in [0.25, 0.3) is 0 Å². The Morgan fingerprint density at radius 2 is 1.69 bits per heavy atom. The van der Waals surface area contributed by atoms with Gasteiger partial charge in [-0.3, -0.25) is 0 Å². The number of hydrogen-bond donors (Lipinski definition) is 1. The SMILES string of the molecule is CCS(=O)(=O)c1ccc(CC=O)cc1.CO. The van der Waals surface area contributed by atoms with Gasteiger partial charge in [-0.25, -0.2) is 8.42 Å². The van der Waals surface area contributed by atoms with Gasteiger partial charge in [0, 0.05) is 13.5 Å². The molecule has 90 valence electrons. The molecule has 0 heterocycles. The summed E-state index contributed by atoms with van der Waals surface area (Å²) in [6, 6.07) is 6.41. The molecule has 1 aromatic rings. The molecule has 1 N–H and O–H groups in total. The molecule has 0 amide bonds. The molecule has 1 rings (SSSR count). The number of hydrogen-bond acceptors (Lipinski definition) is 4. The number of aldehydes is 1. The number of aliphatic hydroxyl groups is 1. The normalized spacial score (nSPS) is 10.2. The van der Waals surface area contributed by atoms with Gasteiger partial charge in [-0.1, -0.05) is 19.1 Å². The highest BCUT2D eigenvalue weighted by Gasteiger charge is 2.10. The molecule has 5 heteroatoms. The molecule has 0 radical (unpaired) electrons. The molecule has 0 spiro atoms. The Bertz CT molecular complexity index is 406. The van der Waals surface area contributed by atoms with Crippen LogP contribution in [0.5, 0.6) is 0 Å². The van der Waals surface area contributed by atoms with Crippen molar-refractivity contribution in [3.05, 3.63) is 29.8 Å². The van der Waals surface area contributed by atoms with E-state index in [4.69, 9.17) is 5.11 Å². The zero-order valence-corrected chi connectivity index (χ0v) is 10.2. The van der Waals surface area contributed by atoms with Crippen molar-refractivity contribution in [2.24, 2.45) is 0 Å². The van der Waals surface area contributed by atoms with E-state index in [0.717, 1.165) is 19.0 Å². The van der Waals surface area contributed by atoms with Gasteiger partial charge >= 0.3 is 0 Å². The second-order valence-corrected chi connectivity index (χ2v) is 5.20. The Morgan fingerprint density at radius 1 is 1.19 bits per heavy atom. The van der Waals surface area contributed by atoms with E-state index in [9.17, 15) is 13.2 Å². The van der Waals surface area contributed by atoms with E-state index in [-0.39, 0.29) is 5.75 Å². The van der Waals surface area contributed by atoms with Crippen LogP contribution in [0.15, 0.2) is 29.2 Å². The predicted molar refractivity (Wildman–Crippen MR) is 62.1 cm³/mol. The van der Waals surface area contributed by atoms with Gasteiger partial charge in [0.1, 0.15) is 6.29 Å². The molecule has 0 bridgehead atoms. The number of rotatable bonds is 4. The van der Waals surface area contributed by atoms with E-state index in [1.807, 2.05) is 0 Å². The van der Waals surface area contributed by atoms with Gasteiger partial charge in [0.2, 0.25) is 0 Å². The average Bonchev–Trinajstić information content (AvgIpc) is 2.33. The molecule has 1 aromatic carbocycles. The average molecular weight is 244 g/mol. The summed E-state index contributed by atoms with van der Waals surface area (Å²) < 4.78 is 22.8. The Hall–Kier alpha value is -1.20. The Kier molecular flexibility index (Phi) is 6.60. The molecular formula is C11H16O4S. The first-order valence-electron chi connectivity index (χ1n) is 4.80. The number of benzene rings is 1. The summed E-state index contributed by atoms with van der Waals surface area (Å²) in [6.45, 7) is 1.61. The highest BCUT2D eigenvalue weighted by atomic mass is 32.2. The Morgan fingerprint density at radius 3 is 2.06 bits per heavy atom. The minimum atomic E-state index is -3.12. The first-order chi connectivity index (χ1) is 7.60. The highest BCUT2D eigenvalue weighted by Crippen LogP contribution is 2.12. The summed E-state index contributed by atoms with van der Waals surface area (Å²) in [5.41, 5.74) is 0.829. The molecule has 0 unspecified atom stereocenters. The minimum Gasteiger partial charge on any atom is -0.400 e. The van der Waals surface area contributed by atoms with E-state index < -0.39 is 9.84 Å². The quantitative estimate of drug-likeness (QED) is 0.796. The largest absolute Gasteiger partial charge is 0.400 e. The van der Waals surface area contributed by atoms with Crippen molar-refractivity contribution in [1.29, 1.82) is 0 Å².